The van der Waals surface area contributed by atoms with Crippen molar-refractivity contribution in [2.24, 2.45) is 0 Å². The first kappa shape index (κ1) is 11.6. The van der Waals surface area contributed by atoms with Crippen LogP contribution in [0.1, 0.15) is 11.1 Å². The average Bonchev–Trinajstić information content (AvgIpc) is 2.17. The monoisotopic (exact) mass is 228 g/mol. The molecule has 0 aliphatic rings. The minimum absolute atomic E-state index is 0.0542. The van der Waals surface area contributed by atoms with Crippen molar-refractivity contribution in [3.05, 3.63) is 47.5 Å². The maximum Gasteiger partial charge on any atom is 0.0651 e. The van der Waals surface area contributed by atoms with E-state index >= 15 is 0 Å². The highest BCUT2D eigenvalue weighted by molar-refractivity contribution is 6.28. The first-order valence-corrected chi connectivity index (χ1v) is 5.61. The lowest BCUT2D eigenvalue weighted by Crippen LogP contribution is -1.93. The van der Waals surface area contributed by atoms with Gasteiger partial charge in [0, 0.05) is 5.88 Å². The number of allylic oxidation sites excluding steroid dienone is 2. The zero-order chi connectivity index (χ0) is 10.4. The van der Waals surface area contributed by atoms with Crippen LogP contribution in [0.15, 0.2) is 36.4 Å². The number of rotatable bonds is 4. The molecule has 14 heavy (non-hydrogen) atoms. The molecule has 1 aromatic rings. The van der Waals surface area contributed by atoms with E-state index in [0.29, 0.717) is 5.88 Å². The maximum absolute atomic E-state index is 5.84. The van der Waals surface area contributed by atoms with Gasteiger partial charge in [0.2, 0.25) is 0 Å². The second-order valence-electron chi connectivity index (χ2n) is 3.29. The molecule has 1 atom stereocenters. The second-order valence-corrected chi connectivity index (χ2v) is 4.16. The van der Waals surface area contributed by atoms with Gasteiger partial charge in [-0.2, -0.15) is 0 Å². The van der Waals surface area contributed by atoms with Crippen LogP contribution >= 0.6 is 23.2 Å². The van der Waals surface area contributed by atoms with Crippen LogP contribution in [0.2, 0.25) is 0 Å². The van der Waals surface area contributed by atoms with Gasteiger partial charge in [0.15, 0.2) is 0 Å². The molecule has 0 saturated carbocycles. The molecule has 2 heteroatoms. The van der Waals surface area contributed by atoms with Gasteiger partial charge in [-0.25, -0.2) is 0 Å². The number of halogens is 2. The van der Waals surface area contributed by atoms with Crippen molar-refractivity contribution in [3.63, 3.8) is 0 Å². The zero-order valence-electron chi connectivity index (χ0n) is 8.21. The van der Waals surface area contributed by atoms with Crippen molar-refractivity contribution >= 4 is 23.2 Å². The normalized spacial score (nSPS) is 13.4. The van der Waals surface area contributed by atoms with Crippen LogP contribution in [-0.4, -0.2) is 11.3 Å². The maximum atomic E-state index is 5.84. The summed E-state index contributed by atoms with van der Waals surface area (Å²) in [4.78, 5) is 0. The number of hydrogen-bond acceptors (Lipinski definition) is 0. The van der Waals surface area contributed by atoms with Crippen LogP contribution in [0, 0.1) is 6.92 Å². The molecular weight excluding hydrogens is 215 g/mol. The Labute approximate surface area is 95.5 Å². The predicted octanol–water partition coefficient (Wildman–Crippen LogP) is 3.94. The van der Waals surface area contributed by atoms with E-state index in [1.165, 1.54) is 11.1 Å². The third-order valence-corrected chi connectivity index (χ3v) is 2.72. The Balaban J connectivity index is 2.49. The summed E-state index contributed by atoms with van der Waals surface area (Å²) in [5.41, 5.74) is 2.59. The minimum atomic E-state index is -0.0542. The van der Waals surface area contributed by atoms with Crippen LogP contribution in [0.25, 0.3) is 0 Å². The van der Waals surface area contributed by atoms with Crippen molar-refractivity contribution in [2.45, 2.75) is 18.7 Å². The van der Waals surface area contributed by atoms with E-state index in [9.17, 15) is 0 Å². The van der Waals surface area contributed by atoms with Gasteiger partial charge >= 0.3 is 0 Å². The molecule has 1 rings (SSSR count). The molecule has 1 aromatic carbocycles. The molecule has 0 N–H and O–H groups in total. The average molecular weight is 229 g/mol. The Morgan fingerprint density at radius 2 is 2.21 bits per heavy atom. The number of benzene rings is 1. The summed E-state index contributed by atoms with van der Waals surface area (Å²) in [6.07, 6.45) is 4.92. The molecule has 76 valence electrons. The van der Waals surface area contributed by atoms with Crippen LogP contribution in [0.5, 0.6) is 0 Å². The van der Waals surface area contributed by atoms with Crippen molar-refractivity contribution in [3.8, 4) is 0 Å². The Morgan fingerprint density at radius 1 is 1.43 bits per heavy atom. The molecule has 0 aromatic heterocycles. The summed E-state index contributed by atoms with van der Waals surface area (Å²) in [7, 11) is 0. The van der Waals surface area contributed by atoms with Crippen molar-refractivity contribution < 1.29 is 0 Å². The van der Waals surface area contributed by atoms with E-state index in [0.717, 1.165) is 6.42 Å². The zero-order valence-corrected chi connectivity index (χ0v) is 9.72. The van der Waals surface area contributed by atoms with Gasteiger partial charge in [-0.15, -0.1) is 23.2 Å². The smallest absolute Gasteiger partial charge is 0.0651 e. The molecule has 0 spiro atoms. The summed E-state index contributed by atoms with van der Waals surface area (Å²) >= 11 is 11.4. The van der Waals surface area contributed by atoms with E-state index in [4.69, 9.17) is 23.2 Å². The van der Waals surface area contributed by atoms with Gasteiger partial charge in [-0.3, -0.25) is 0 Å². The highest BCUT2D eigenvalue weighted by Crippen LogP contribution is 2.06. The van der Waals surface area contributed by atoms with Gasteiger partial charge in [0.25, 0.3) is 0 Å². The fourth-order valence-corrected chi connectivity index (χ4v) is 1.45. The summed E-state index contributed by atoms with van der Waals surface area (Å²) in [6.45, 7) is 2.09. The van der Waals surface area contributed by atoms with Crippen LogP contribution in [0.3, 0.4) is 0 Å². The second kappa shape index (κ2) is 6.10. The van der Waals surface area contributed by atoms with E-state index in [1.54, 1.807) is 0 Å². The molecular formula is C12H14Cl2. The minimum Gasteiger partial charge on any atom is -0.125 e. The quantitative estimate of drug-likeness (QED) is 0.541. The molecule has 0 radical (unpaired) electrons. The summed E-state index contributed by atoms with van der Waals surface area (Å²) in [6, 6.07) is 8.45. The Kier molecular flexibility index (Phi) is 5.06. The Hall–Kier alpha value is -0.460. The summed E-state index contributed by atoms with van der Waals surface area (Å²) in [5, 5.41) is -0.0542. The first-order valence-electron chi connectivity index (χ1n) is 4.64. The lowest BCUT2D eigenvalue weighted by atomic mass is 10.1. The lowest BCUT2D eigenvalue weighted by Gasteiger charge is -1.99. The standard InChI is InChI=1S/C12H14Cl2/c1-10-4-2-5-11(8-10)6-3-7-12(14)9-13/h2-5,7-8,12H,6,9H2,1H3. The highest BCUT2D eigenvalue weighted by Gasteiger charge is 1.95. The largest absolute Gasteiger partial charge is 0.125 e. The van der Waals surface area contributed by atoms with E-state index in [-0.39, 0.29) is 5.38 Å². The first-order chi connectivity index (χ1) is 6.72. The SMILES string of the molecule is Cc1cccc(CC=CC(Cl)CCl)c1. The third-order valence-electron chi connectivity index (χ3n) is 1.93. The van der Waals surface area contributed by atoms with Crippen LogP contribution in [-0.2, 0) is 6.42 Å². The van der Waals surface area contributed by atoms with Gasteiger partial charge in [0.1, 0.15) is 0 Å². The Morgan fingerprint density at radius 3 is 2.86 bits per heavy atom. The molecule has 0 nitrogen and oxygen atoms in total. The summed E-state index contributed by atoms with van der Waals surface area (Å²) < 4.78 is 0. The predicted molar refractivity (Wildman–Crippen MR) is 64.4 cm³/mol. The molecule has 0 saturated heterocycles. The number of alkyl halides is 2. The molecule has 0 aliphatic heterocycles. The van der Waals surface area contributed by atoms with Crippen molar-refractivity contribution in [1.82, 2.24) is 0 Å². The van der Waals surface area contributed by atoms with Gasteiger partial charge in [-0.05, 0) is 18.9 Å². The topological polar surface area (TPSA) is 0 Å². The number of aryl methyl sites for hydroxylation is 1. The molecule has 1 unspecified atom stereocenters. The fraction of sp³-hybridized carbons (Fsp3) is 0.333. The molecule has 0 heterocycles. The van der Waals surface area contributed by atoms with E-state index in [2.05, 4.69) is 37.3 Å². The molecule has 0 aliphatic carbocycles. The fourth-order valence-electron chi connectivity index (χ4n) is 1.24. The van der Waals surface area contributed by atoms with Gasteiger partial charge in [-0.1, -0.05) is 42.0 Å². The highest BCUT2D eigenvalue weighted by atomic mass is 35.5. The summed E-state index contributed by atoms with van der Waals surface area (Å²) in [5.74, 6) is 0.464. The van der Waals surface area contributed by atoms with Crippen molar-refractivity contribution in [2.75, 3.05) is 5.88 Å². The molecule has 0 bridgehead atoms. The Bertz CT molecular complexity index is 305. The number of hydrogen-bond donors (Lipinski definition) is 0. The van der Waals surface area contributed by atoms with Crippen LogP contribution < -0.4 is 0 Å². The van der Waals surface area contributed by atoms with E-state index < -0.39 is 0 Å². The molecule has 0 amide bonds. The van der Waals surface area contributed by atoms with Crippen LogP contribution in [0.4, 0.5) is 0 Å². The van der Waals surface area contributed by atoms with E-state index in [1.807, 2.05) is 6.08 Å². The van der Waals surface area contributed by atoms with Crippen molar-refractivity contribution in [1.29, 1.82) is 0 Å². The lowest BCUT2D eigenvalue weighted by molar-refractivity contribution is 1.18. The third kappa shape index (κ3) is 4.17. The van der Waals surface area contributed by atoms with Gasteiger partial charge in [0.05, 0.1) is 5.38 Å². The van der Waals surface area contributed by atoms with Gasteiger partial charge < -0.3 is 0 Å². The molecule has 0 fully saturated rings.